The molecule has 2 unspecified atom stereocenters. The van der Waals surface area contributed by atoms with E-state index in [-0.39, 0.29) is 23.9 Å². The SMILES string of the molecule is CCCNc1nc(NC2CCOC2C)cc(C(F)(F)F)n1. The van der Waals surface area contributed by atoms with Crippen LogP contribution in [0.3, 0.4) is 0 Å². The summed E-state index contributed by atoms with van der Waals surface area (Å²) >= 11 is 0. The van der Waals surface area contributed by atoms with E-state index >= 15 is 0 Å². The lowest BCUT2D eigenvalue weighted by Gasteiger charge is -2.18. The summed E-state index contributed by atoms with van der Waals surface area (Å²) in [5.41, 5.74) is -0.954. The Balaban J connectivity index is 2.22. The second-order valence-corrected chi connectivity index (χ2v) is 5.00. The van der Waals surface area contributed by atoms with Crippen LogP contribution >= 0.6 is 0 Å². The minimum Gasteiger partial charge on any atom is -0.376 e. The van der Waals surface area contributed by atoms with E-state index in [0.29, 0.717) is 13.2 Å². The summed E-state index contributed by atoms with van der Waals surface area (Å²) in [7, 11) is 0. The lowest BCUT2D eigenvalue weighted by molar-refractivity contribution is -0.141. The van der Waals surface area contributed by atoms with Gasteiger partial charge in [0.1, 0.15) is 5.82 Å². The number of hydrogen-bond donors (Lipinski definition) is 2. The first kappa shape index (κ1) is 15.8. The number of ether oxygens (including phenoxy) is 1. The maximum absolute atomic E-state index is 12.9. The van der Waals surface area contributed by atoms with Gasteiger partial charge in [-0.25, -0.2) is 4.98 Å². The van der Waals surface area contributed by atoms with Gasteiger partial charge in [0.05, 0.1) is 12.1 Å². The predicted octanol–water partition coefficient (Wildman–Crippen LogP) is 2.91. The zero-order valence-electron chi connectivity index (χ0n) is 12.0. The van der Waals surface area contributed by atoms with Crippen LogP contribution < -0.4 is 10.6 Å². The van der Waals surface area contributed by atoms with Crippen molar-refractivity contribution in [2.75, 3.05) is 23.8 Å². The summed E-state index contributed by atoms with van der Waals surface area (Å²) in [6.07, 6.45) is -3.04. The summed E-state index contributed by atoms with van der Waals surface area (Å²) < 4.78 is 44.1. The zero-order chi connectivity index (χ0) is 15.5. The molecular formula is C13H19F3N4O. The van der Waals surface area contributed by atoms with Gasteiger partial charge in [-0.3, -0.25) is 0 Å². The smallest absolute Gasteiger partial charge is 0.376 e. The molecule has 2 heterocycles. The molecule has 0 bridgehead atoms. The van der Waals surface area contributed by atoms with Crippen LogP contribution in [0.2, 0.25) is 0 Å². The number of nitrogens with zero attached hydrogens (tertiary/aromatic N) is 2. The number of halogens is 3. The third-order valence-electron chi connectivity index (χ3n) is 3.26. The monoisotopic (exact) mass is 304 g/mol. The maximum atomic E-state index is 12.9. The van der Waals surface area contributed by atoms with Crippen LogP contribution in [-0.4, -0.2) is 35.3 Å². The van der Waals surface area contributed by atoms with Crippen molar-refractivity contribution < 1.29 is 17.9 Å². The first-order valence-electron chi connectivity index (χ1n) is 6.98. The van der Waals surface area contributed by atoms with Crippen LogP contribution in [0, 0.1) is 0 Å². The Morgan fingerprint density at radius 3 is 2.71 bits per heavy atom. The molecule has 0 aromatic carbocycles. The molecule has 0 aliphatic carbocycles. The molecule has 5 nitrogen and oxygen atoms in total. The lowest BCUT2D eigenvalue weighted by atomic mass is 10.1. The normalized spacial score (nSPS) is 22.3. The van der Waals surface area contributed by atoms with Crippen LogP contribution in [0.5, 0.6) is 0 Å². The van der Waals surface area contributed by atoms with Crippen molar-refractivity contribution in [3.05, 3.63) is 11.8 Å². The van der Waals surface area contributed by atoms with Gasteiger partial charge in [-0.15, -0.1) is 0 Å². The van der Waals surface area contributed by atoms with E-state index in [1.54, 1.807) is 0 Å². The maximum Gasteiger partial charge on any atom is 0.433 e. The molecule has 1 aliphatic rings. The van der Waals surface area contributed by atoms with Gasteiger partial charge in [-0.1, -0.05) is 6.92 Å². The highest BCUT2D eigenvalue weighted by Gasteiger charge is 2.34. The van der Waals surface area contributed by atoms with E-state index in [9.17, 15) is 13.2 Å². The Bertz CT molecular complexity index is 481. The fourth-order valence-electron chi connectivity index (χ4n) is 2.09. The minimum atomic E-state index is -4.50. The molecule has 118 valence electrons. The fourth-order valence-corrected chi connectivity index (χ4v) is 2.09. The average molecular weight is 304 g/mol. The molecule has 0 spiro atoms. The Kier molecular flexibility index (Phi) is 4.87. The summed E-state index contributed by atoms with van der Waals surface area (Å²) in [4.78, 5) is 7.61. The van der Waals surface area contributed by atoms with Gasteiger partial charge < -0.3 is 15.4 Å². The molecule has 0 saturated carbocycles. The number of hydrogen-bond acceptors (Lipinski definition) is 5. The van der Waals surface area contributed by atoms with Gasteiger partial charge in [0.15, 0.2) is 5.69 Å². The van der Waals surface area contributed by atoms with Crippen LogP contribution in [-0.2, 0) is 10.9 Å². The van der Waals surface area contributed by atoms with E-state index < -0.39 is 11.9 Å². The molecule has 0 amide bonds. The van der Waals surface area contributed by atoms with Crippen molar-refractivity contribution in [3.63, 3.8) is 0 Å². The van der Waals surface area contributed by atoms with Gasteiger partial charge in [0, 0.05) is 19.2 Å². The molecular weight excluding hydrogens is 285 g/mol. The Morgan fingerprint density at radius 2 is 2.14 bits per heavy atom. The third kappa shape index (κ3) is 4.20. The Labute approximate surface area is 121 Å². The van der Waals surface area contributed by atoms with E-state index in [2.05, 4.69) is 20.6 Å². The lowest BCUT2D eigenvalue weighted by Crippen LogP contribution is -2.27. The van der Waals surface area contributed by atoms with Gasteiger partial charge in [-0.05, 0) is 19.8 Å². The fraction of sp³-hybridized carbons (Fsp3) is 0.692. The predicted molar refractivity (Wildman–Crippen MR) is 73.3 cm³/mol. The highest BCUT2D eigenvalue weighted by Crippen LogP contribution is 2.30. The summed E-state index contributed by atoms with van der Waals surface area (Å²) in [5, 5.41) is 5.79. The second-order valence-electron chi connectivity index (χ2n) is 5.00. The van der Waals surface area contributed by atoms with Crippen LogP contribution in [0.1, 0.15) is 32.4 Å². The molecule has 1 aromatic rings. The van der Waals surface area contributed by atoms with Gasteiger partial charge in [0.25, 0.3) is 0 Å². The standard InChI is InChI=1S/C13H19F3N4O/c1-3-5-17-12-19-10(13(14,15)16)7-11(20-12)18-9-4-6-21-8(9)2/h7-9H,3-6H2,1-2H3,(H2,17,18,19,20). The number of alkyl halides is 3. The van der Waals surface area contributed by atoms with Crippen molar-refractivity contribution in [1.29, 1.82) is 0 Å². The Morgan fingerprint density at radius 1 is 1.38 bits per heavy atom. The van der Waals surface area contributed by atoms with E-state index in [4.69, 9.17) is 4.74 Å². The van der Waals surface area contributed by atoms with Gasteiger partial charge >= 0.3 is 6.18 Å². The minimum absolute atomic E-state index is 0.0132. The van der Waals surface area contributed by atoms with Crippen molar-refractivity contribution in [2.24, 2.45) is 0 Å². The molecule has 8 heteroatoms. The number of anilines is 2. The van der Waals surface area contributed by atoms with Gasteiger partial charge in [-0.2, -0.15) is 18.2 Å². The molecule has 1 aromatic heterocycles. The first-order valence-corrected chi connectivity index (χ1v) is 6.98. The summed E-state index contributed by atoms with van der Waals surface area (Å²) in [6, 6.07) is 0.891. The van der Waals surface area contributed by atoms with Gasteiger partial charge in [0.2, 0.25) is 5.95 Å². The molecule has 21 heavy (non-hydrogen) atoms. The van der Waals surface area contributed by atoms with E-state index in [0.717, 1.165) is 18.9 Å². The van der Waals surface area contributed by atoms with Crippen molar-refractivity contribution in [3.8, 4) is 0 Å². The number of nitrogens with one attached hydrogen (secondary N) is 2. The van der Waals surface area contributed by atoms with Crippen molar-refractivity contribution in [2.45, 2.75) is 45.0 Å². The summed E-state index contributed by atoms with van der Waals surface area (Å²) in [6.45, 7) is 4.91. The molecule has 1 aliphatic heterocycles. The molecule has 1 saturated heterocycles. The molecule has 1 fully saturated rings. The summed E-state index contributed by atoms with van der Waals surface area (Å²) in [5.74, 6) is 0.152. The van der Waals surface area contributed by atoms with E-state index in [1.165, 1.54) is 0 Å². The molecule has 2 N–H and O–H groups in total. The van der Waals surface area contributed by atoms with E-state index in [1.807, 2.05) is 13.8 Å². The molecule has 2 atom stereocenters. The van der Waals surface area contributed by atoms with Crippen molar-refractivity contribution in [1.82, 2.24) is 9.97 Å². The number of aromatic nitrogens is 2. The Hall–Kier alpha value is -1.57. The average Bonchev–Trinajstić information content (AvgIpc) is 2.81. The zero-order valence-corrected chi connectivity index (χ0v) is 12.0. The second kappa shape index (κ2) is 6.46. The van der Waals surface area contributed by atoms with Crippen LogP contribution in [0.25, 0.3) is 0 Å². The van der Waals surface area contributed by atoms with Crippen LogP contribution in [0.4, 0.5) is 24.9 Å². The highest BCUT2D eigenvalue weighted by atomic mass is 19.4. The molecule has 2 rings (SSSR count). The topological polar surface area (TPSA) is 59.1 Å². The highest BCUT2D eigenvalue weighted by molar-refractivity contribution is 5.44. The van der Waals surface area contributed by atoms with Crippen molar-refractivity contribution >= 4 is 11.8 Å². The first-order chi connectivity index (χ1) is 9.90. The molecule has 0 radical (unpaired) electrons. The third-order valence-corrected chi connectivity index (χ3v) is 3.26. The number of rotatable bonds is 5. The van der Waals surface area contributed by atoms with Crippen LogP contribution in [0.15, 0.2) is 6.07 Å². The quantitative estimate of drug-likeness (QED) is 0.876. The largest absolute Gasteiger partial charge is 0.433 e.